The van der Waals surface area contributed by atoms with Crippen molar-refractivity contribution in [3.63, 3.8) is 0 Å². The van der Waals surface area contributed by atoms with Crippen molar-refractivity contribution in [1.29, 1.82) is 0 Å². The lowest BCUT2D eigenvalue weighted by Crippen LogP contribution is -2.28. The Morgan fingerprint density at radius 2 is 1.80 bits per heavy atom. The fraction of sp³-hybridized carbons (Fsp3) is 0.333. The molecule has 0 N–H and O–H groups in total. The van der Waals surface area contributed by atoms with Crippen LogP contribution in [-0.4, -0.2) is 21.8 Å². The number of hydrogen-bond acceptors (Lipinski definition) is 2. The molecule has 3 heteroatoms. The zero-order valence-electron chi connectivity index (χ0n) is 9.19. The molecule has 0 fully saturated rings. The number of nitrogens with zero attached hydrogens (tertiary/aromatic N) is 2. The van der Waals surface area contributed by atoms with Crippen molar-refractivity contribution in [3.05, 3.63) is 41.1 Å². The highest BCUT2D eigenvalue weighted by molar-refractivity contribution is 6.46. The summed E-state index contributed by atoms with van der Waals surface area (Å²) in [6.07, 6.45) is 0. The van der Waals surface area contributed by atoms with Gasteiger partial charge in [-0.2, -0.15) is 4.74 Å². The maximum absolute atomic E-state index is 11.8. The molecule has 0 saturated heterocycles. The van der Waals surface area contributed by atoms with Crippen LogP contribution in [0.2, 0.25) is 0 Å². The largest absolute Gasteiger partial charge is 0.622 e. The van der Waals surface area contributed by atoms with Gasteiger partial charge in [-0.25, -0.2) is 4.99 Å². The summed E-state index contributed by atoms with van der Waals surface area (Å²) in [7, 11) is 0. The van der Waals surface area contributed by atoms with Gasteiger partial charge < -0.3 is 5.21 Å². The quantitative estimate of drug-likeness (QED) is 0.508. The molecule has 1 aliphatic heterocycles. The number of benzene rings is 1. The Morgan fingerprint density at radius 1 is 1.20 bits per heavy atom. The van der Waals surface area contributed by atoms with Gasteiger partial charge in [0.25, 0.3) is 5.66 Å². The topological polar surface area (TPSA) is 38.4 Å². The van der Waals surface area contributed by atoms with Crippen LogP contribution in [0.15, 0.2) is 35.3 Å². The minimum atomic E-state index is -0.671. The fourth-order valence-electron chi connectivity index (χ4n) is 1.78. The van der Waals surface area contributed by atoms with Crippen LogP contribution in [0.5, 0.6) is 0 Å². The Balaban J connectivity index is 2.51. The van der Waals surface area contributed by atoms with Gasteiger partial charge in [-0.3, -0.25) is 0 Å². The summed E-state index contributed by atoms with van der Waals surface area (Å²) in [5, 5.41) is 11.8. The van der Waals surface area contributed by atoms with Gasteiger partial charge >= 0.3 is 0 Å². The van der Waals surface area contributed by atoms with E-state index in [1.165, 1.54) is 0 Å². The van der Waals surface area contributed by atoms with E-state index in [2.05, 4.69) is 4.99 Å². The predicted octanol–water partition coefficient (Wildman–Crippen LogP) is 2.20. The van der Waals surface area contributed by atoms with Crippen molar-refractivity contribution >= 4 is 11.4 Å². The number of hydroxylamine groups is 1. The first-order valence-corrected chi connectivity index (χ1v) is 4.99. The molecule has 0 unspecified atom stereocenters. The maximum atomic E-state index is 11.8. The molecule has 2 rings (SSSR count). The van der Waals surface area contributed by atoms with E-state index in [-0.39, 0.29) is 0 Å². The van der Waals surface area contributed by atoms with Crippen molar-refractivity contribution in [2.75, 3.05) is 0 Å². The van der Waals surface area contributed by atoms with E-state index in [1.807, 2.05) is 51.1 Å². The summed E-state index contributed by atoms with van der Waals surface area (Å²) >= 11 is 0. The summed E-state index contributed by atoms with van der Waals surface area (Å²) < 4.78 is 0.968. The van der Waals surface area contributed by atoms with Crippen LogP contribution in [0.3, 0.4) is 0 Å². The second kappa shape index (κ2) is 3.19. The monoisotopic (exact) mass is 202 g/mol. The summed E-state index contributed by atoms with van der Waals surface area (Å²) in [5.74, 6) is 0. The number of hydrogen-bond donors (Lipinski definition) is 0. The van der Waals surface area contributed by atoms with Gasteiger partial charge in [0.15, 0.2) is 0 Å². The van der Waals surface area contributed by atoms with Crippen molar-refractivity contribution in [2.45, 2.75) is 26.4 Å². The van der Waals surface area contributed by atoms with Crippen LogP contribution in [0.4, 0.5) is 0 Å². The van der Waals surface area contributed by atoms with Crippen LogP contribution in [-0.2, 0) is 0 Å². The van der Waals surface area contributed by atoms with E-state index in [9.17, 15) is 5.21 Å². The minimum absolute atomic E-state index is 0.671. The zero-order valence-corrected chi connectivity index (χ0v) is 9.19. The number of rotatable bonds is 1. The third-order valence-corrected chi connectivity index (χ3v) is 2.58. The third-order valence-electron chi connectivity index (χ3n) is 2.58. The molecule has 1 aromatic rings. The van der Waals surface area contributed by atoms with Crippen LogP contribution >= 0.6 is 0 Å². The molecular weight excluding hydrogens is 188 g/mol. The molecule has 0 radical (unpaired) electrons. The van der Waals surface area contributed by atoms with Crippen molar-refractivity contribution in [3.8, 4) is 0 Å². The molecule has 1 aliphatic rings. The molecule has 1 heterocycles. The fourth-order valence-corrected chi connectivity index (χ4v) is 1.78. The highest BCUT2D eigenvalue weighted by atomic mass is 16.5. The molecular formula is C12H14N2O. The SMILES string of the molecule is CC1=[N+]([O-])C(C)(C)N=C1c1ccccc1. The zero-order chi connectivity index (χ0) is 11.1. The van der Waals surface area contributed by atoms with Gasteiger partial charge in [0.2, 0.25) is 5.71 Å². The standard InChI is InChI=1S/C12H14N2O/c1-9-11(10-7-5-4-6-8-10)13-12(2,3)14(9)15/h4-8H,1-3H3. The first-order chi connectivity index (χ1) is 7.02. The summed E-state index contributed by atoms with van der Waals surface area (Å²) in [4.78, 5) is 4.45. The predicted molar refractivity (Wildman–Crippen MR) is 61.4 cm³/mol. The smallest absolute Gasteiger partial charge is 0.260 e. The molecule has 78 valence electrons. The van der Waals surface area contributed by atoms with E-state index in [1.54, 1.807) is 0 Å². The molecule has 0 spiro atoms. The molecule has 0 amide bonds. The Hall–Kier alpha value is -1.64. The van der Waals surface area contributed by atoms with Crippen molar-refractivity contribution in [2.24, 2.45) is 4.99 Å². The normalized spacial score (nSPS) is 19.3. The van der Waals surface area contributed by atoms with Crippen LogP contribution < -0.4 is 0 Å². The Bertz CT molecular complexity index is 444. The van der Waals surface area contributed by atoms with Crippen LogP contribution in [0.25, 0.3) is 0 Å². The van der Waals surface area contributed by atoms with E-state index in [0.717, 1.165) is 16.0 Å². The van der Waals surface area contributed by atoms with E-state index in [4.69, 9.17) is 0 Å². The lowest BCUT2D eigenvalue weighted by molar-refractivity contribution is -0.532. The summed E-state index contributed by atoms with van der Waals surface area (Å²) in [5.41, 5.74) is 1.82. The highest BCUT2D eigenvalue weighted by Gasteiger charge is 2.36. The van der Waals surface area contributed by atoms with Crippen molar-refractivity contribution in [1.82, 2.24) is 0 Å². The molecule has 0 atom stereocenters. The molecule has 1 aromatic carbocycles. The minimum Gasteiger partial charge on any atom is -0.622 e. The van der Waals surface area contributed by atoms with E-state index >= 15 is 0 Å². The van der Waals surface area contributed by atoms with Crippen LogP contribution in [0, 0.1) is 5.21 Å². The molecule has 0 saturated carbocycles. The molecule has 3 nitrogen and oxygen atoms in total. The van der Waals surface area contributed by atoms with Crippen LogP contribution in [0.1, 0.15) is 26.3 Å². The maximum Gasteiger partial charge on any atom is 0.260 e. The molecule has 0 bridgehead atoms. The van der Waals surface area contributed by atoms with Gasteiger partial charge in [0.1, 0.15) is 5.71 Å². The van der Waals surface area contributed by atoms with Crippen molar-refractivity contribution < 1.29 is 4.74 Å². The van der Waals surface area contributed by atoms with Gasteiger partial charge in [-0.05, 0) is 0 Å². The first kappa shape index (κ1) is 9.90. The van der Waals surface area contributed by atoms with E-state index < -0.39 is 5.66 Å². The first-order valence-electron chi connectivity index (χ1n) is 4.99. The highest BCUT2D eigenvalue weighted by Crippen LogP contribution is 2.20. The summed E-state index contributed by atoms with van der Waals surface area (Å²) in [6, 6.07) is 9.79. The lowest BCUT2D eigenvalue weighted by Gasteiger charge is -2.14. The Morgan fingerprint density at radius 3 is 2.27 bits per heavy atom. The van der Waals surface area contributed by atoms with Gasteiger partial charge in [0.05, 0.1) is 0 Å². The number of aliphatic imine (C=N–C) groups is 1. The van der Waals surface area contributed by atoms with Gasteiger partial charge in [-0.15, -0.1) is 0 Å². The average molecular weight is 202 g/mol. The lowest BCUT2D eigenvalue weighted by atomic mass is 10.1. The van der Waals surface area contributed by atoms with Gasteiger partial charge in [0, 0.05) is 26.3 Å². The molecule has 0 aromatic heterocycles. The average Bonchev–Trinajstić information content (AvgIpc) is 2.44. The molecule has 15 heavy (non-hydrogen) atoms. The second-order valence-corrected chi connectivity index (χ2v) is 4.20. The second-order valence-electron chi connectivity index (χ2n) is 4.20. The summed E-state index contributed by atoms with van der Waals surface area (Å²) in [6.45, 7) is 5.45. The Kier molecular flexibility index (Phi) is 2.11. The van der Waals surface area contributed by atoms with Gasteiger partial charge in [-0.1, -0.05) is 30.3 Å². The molecule has 0 aliphatic carbocycles. The Labute approximate surface area is 89.4 Å². The van der Waals surface area contributed by atoms with E-state index in [0.29, 0.717) is 5.71 Å². The third kappa shape index (κ3) is 1.54.